The van der Waals surface area contributed by atoms with Crippen LogP contribution in [0.2, 0.25) is 0 Å². The molecule has 0 aliphatic carbocycles. The molecule has 0 atom stereocenters. The molecule has 0 fully saturated rings. The molecule has 0 amide bonds. The smallest absolute Gasteiger partial charge is 0.181 e. The van der Waals surface area contributed by atoms with Gasteiger partial charge in [0.05, 0.1) is 10.6 Å². The van der Waals surface area contributed by atoms with Gasteiger partial charge < -0.3 is 5.73 Å². The van der Waals surface area contributed by atoms with Gasteiger partial charge in [-0.2, -0.15) is 0 Å². The minimum atomic E-state index is 0.721. The van der Waals surface area contributed by atoms with E-state index in [4.69, 9.17) is 5.73 Å². The van der Waals surface area contributed by atoms with Gasteiger partial charge >= 0.3 is 0 Å². The molecular weight excluding hydrogens is 210 g/mol. The fourth-order valence-corrected chi connectivity index (χ4v) is 2.20. The summed E-state index contributed by atoms with van der Waals surface area (Å²) in [5.41, 5.74) is 7.32. The minimum absolute atomic E-state index is 0.721. The maximum absolute atomic E-state index is 5.83. The molecule has 0 unspecified atom stereocenters. The van der Waals surface area contributed by atoms with E-state index in [1.165, 1.54) is 0 Å². The number of nitrogen functional groups attached to an aromatic ring is 1. The monoisotopic (exact) mass is 217 g/mol. The van der Waals surface area contributed by atoms with E-state index in [0.29, 0.717) is 0 Å². The van der Waals surface area contributed by atoms with E-state index in [0.717, 1.165) is 22.0 Å². The molecule has 2 N–H and O–H groups in total. The lowest BCUT2D eigenvalue weighted by Gasteiger charge is -1.96. The zero-order chi connectivity index (χ0) is 10.3. The van der Waals surface area contributed by atoms with Crippen molar-refractivity contribution in [2.24, 2.45) is 0 Å². The van der Waals surface area contributed by atoms with E-state index in [2.05, 4.69) is 15.2 Å². The van der Waals surface area contributed by atoms with Crippen molar-refractivity contribution in [3.63, 3.8) is 0 Å². The quantitative estimate of drug-likeness (QED) is 0.669. The normalized spacial score (nSPS) is 10.9. The highest BCUT2D eigenvalue weighted by Gasteiger charge is 2.11. The fraction of sp³-hybridized carbons (Fsp3) is 0. The molecule has 5 nitrogen and oxygen atoms in total. The van der Waals surface area contributed by atoms with Gasteiger partial charge in [0.2, 0.25) is 0 Å². The molecule has 0 aliphatic rings. The van der Waals surface area contributed by atoms with Gasteiger partial charge in [-0.25, -0.2) is 4.98 Å². The SMILES string of the molecule is Nc1ccsc1-c1nnc2ccncn12. The van der Waals surface area contributed by atoms with Crippen molar-refractivity contribution in [2.45, 2.75) is 0 Å². The van der Waals surface area contributed by atoms with Gasteiger partial charge in [0, 0.05) is 12.3 Å². The average molecular weight is 217 g/mol. The van der Waals surface area contributed by atoms with Crippen molar-refractivity contribution in [1.82, 2.24) is 19.6 Å². The molecule has 3 heterocycles. The summed E-state index contributed by atoms with van der Waals surface area (Å²) in [5, 5.41) is 10.1. The molecule has 0 bridgehead atoms. The van der Waals surface area contributed by atoms with Gasteiger partial charge in [0.25, 0.3) is 0 Å². The second-order valence-corrected chi connectivity index (χ2v) is 3.95. The maximum atomic E-state index is 5.83. The van der Waals surface area contributed by atoms with Crippen LogP contribution < -0.4 is 5.73 Å². The summed E-state index contributed by atoms with van der Waals surface area (Å²) in [4.78, 5) is 4.96. The molecular formula is C9H7N5S. The third-order valence-corrected chi connectivity index (χ3v) is 3.04. The van der Waals surface area contributed by atoms with Crippen molar-refractivity contribution in [3.05, 3.63) is 30.0 Å². The second-order valence-electron chi connectivity index (χ2n) is 3.04. The first kappa shape index (κ1) is 8.37. The molecule has 0 aliphatic heterocycles. The minimum Gasteiger partial charge on any atom is -0.397 e. The lowest BCUT2D eigenvalue weighted by atomic mass is 10.4. The van der Waals surface area contributed by atoms with Gasteiger partial charge in [0.15, 0.2) is 11.5 Å². The van der Waals surface area contributed by atoms with Gasteiger partial charge in [-0.1, -0.05) is 0 Å². The zero-order valence-corrected chi connectivity index (χ0v) is 8.48. The van der Waals surface area contributed by atoms with E-state index >= 15 is 0 Å². The molecule has 3 aromatic heterocycles. The standard InChI is InChI=1S/C9H7N5S/c10-6-2-4-15-8(6)9-13-12-7-1-3-11-5-14(7)9/h1-5H,10H2. The van der Waals surface area contributed by atoms with Crippen LogP contribution in [0.5, 0.6) is 0 Å². The van der Waals surface area contributed by atoms with Crippen molar-refractivity contribution in [1.29, 1.82) is 0 Å². The Bertz CT molecular complexity index is 612. The molecule has 74 valence electrons. The van der Waals surface area contributed by atoms with Crippen LogP contribution in [-0.4, -0.2) is 19.6 Å². The van der Waals surface area contributed by atoms with E-state index in [1.807, 2.05) is 15.8 Å². The summed E-state index contributed by atoms with van der Waals surface area (Å²) in [6.07, 6.45) is 3.37. The molecule has 0 radical (unpaired) electrons. The lowest BCUT2D eigenvalue weighted by molar-refractivity contribution is 1.08. The first-order valence-corrected chi connectivity index (χ1v) is 5.22. The Morgan fingerprint density at radius 3 is 3.00 bits per heavy atom. The number of nitrogens with two attached hydrogens (primary N) is 1. The highest BCUT2D eigenvalue weighted by Crippen LogP contribution is 2.29. The van der Waals surface area contributed by atoms with Gasteiger partial charge in [-0.15, -0.1) is 21.5 Å². The summed E-state index contributed by atoms with van der Waals surface area (Å²) in [6, 6.07) is 3.66. The van der Waals surface area contributed by atoms with Crippen LogP contribution in [-0.2, 0) is 0 Å². The summed E-state index contributed by atoms with van der Waals surface area (Å²) in [7, 11) is 0. The van der Waals surface area contributed by atoms with Crippen molar-refractivity contribution >= 4 is 22.7 Å². The Kier molecular flexibility index (Phi) is 1.69. The Morgan fingerprint density at radius 2 is 2.20 bits per heavy atom. The predicted molar refractivity (Wildman–Crippen MR) is 58.5 cm³/mol. The van der Waals surface area contributed by atoms with Crippen LogP contribution in [0, 0.1) is 0 Å². The highest BCUT2D eigenvalue weighted by molar-refractivity contribution is 7.14. The topological polar surface area (TPSA) is 69.1 Å². The number of fused-ring (bicyclic) bond motifs is 1. The zero-order valence-electron chi connectivity index (χ0n) is 7.66. The maximum Gasteiger partial charge on any atom is 0.181 e. The number of aromatic nitrogens is 4. The third-order valence-electron chi connectivity index (χ3n) is 2.11. The Hall–Kier alpha value is -1.95. The van der Waals surface area contributed by atoms with Crippen molar-refractivity contribution in [3.8, 4) is 10.7 Å². The fourth-order valence-electron chi connectivity index (χ4n) is 1.40. The van der Waals surface area contributed by atoms with Crippen LogP contribution in [0.4, 0.5) is 5.69 Å². The van der Waals surface area contributed by atoms with Gasteiger partial charge in [0.1, 0.15) is 6.33 Å². The number of hydrogen-bond acceptors (Lipinski definition) is 5. The lowest BCUT2D eigenvalue weighted by Crippen LogP contribution is -1.91. The molecule has 6 heteroatoms. The first-order chi connectivity index (χ1) is 7.36. The third kappa shape index (κ3) is 1.18. The largest absolute Gasteiger partial charge is 0.397 e. The molecule has 0 aromatic carbocycles. The van der Waals surface area contributed by atoms with Gasteiger partial charge in [-0.3, -0.25) is 4.40 Å². The Labute approximate surface area is 89.2 Å². The molecule has 0 saturated heterocycles. The van der Waals surface area contributed by atoms with Crippen molar-refractivity contribution in [2.75, 3.05) is 5.73 Å². The summed E-state index contributed by atoms with van der Waals surface area (Å²) >= 11 is 1.55. The number of rotatable bonds is 1. The van der Waals surface area contributed by atoms with Crippen LogP contribution in [0.1, 0.15) is 0 Å². The van der Waals surface area contributed by atoms with Crippen LogP contribution in [0.3, 0.4) is 0 Å². The summed E-state index contributed by atoms with van der Waals surface area (Å²) < 4.78 is 1.82. The van der Waals surface area contributed by atoms with E-state index in [9.17, 15) is 0 Å². The van der Waals surface area contributed by atoms with Crippen LogP contribution in [0.25, 0.3) is 16.3 Å². The second kappa shape index (κ2) is 3.03. The number of anilines is 1. The van der Waals surface area contributed by atoms with E-state index < -0.39 is 0 Å². The summed E-state index contributed by atoms with van der Waals surface area (Å²) in [6.45, 7) is 0. The van der Waals surface area contributed by atoms with Crippen LogP contribution in [0.15, 0.2) is 30.0 Å². The Balaban J connectivity index is 2.32. The molecule has 3 aromatic rings. The van der Waals surface area contributed by atoms with E-state index in [-0.39, 0.29) is 0 Å². The van der Waals surface area contributed by atoms with Gasteiger partial charge in [-0.05, 0) is 11.4 Å². The number of nitrogens with zero attached hydrogens (tertiary/aromatic N) is 4. The summed E-state index contributed by atoms with van der Waals surface area (Å²) in [5.74, 6) is 0.741. The van der Waals surface area contributed by atoms with E-state index in [1.54, 1.807) is 29.9 Å². The number of hydrogen-bond donors (Lipinski definition) is 1. The predicted octanol–water partition coefficient (Wildman–Crippen LogP) is 1.44. The average Bonchev–Trinajstić information content (AvgIpc) is 2.83. The van der Waals surface area contributed by atoms with Crippen molar-refractivity contribution < 1.29 is 0 Å². The first-order valence-electron chi connectivity index (χ1n) is 4.34. The molecule has 0 saturated carbocycles. The van der Waals surface area contributed by atoms with Crippen LogP contribution >= 0.6 is 11.3 Å². The molecule has 15 heavy (non-hydrogen) atoms. The molecule has 0 spiro atoms. The molecule has 3 rings (SSSR count). The highest BCUT2D eigenvalue weighted by atomic mass is 32.1. The Morgan fingerprint density at radius 1 is 1.27 bits per heavy atom. The number of thiophene rings is 1.